The van der Waals surface area contributed by atoms with Crippen LogP contribution in [0.15, 0.2) is 24.7 Å². The van der Waals surface area contributed by atoms with Crippen molar-refractivity contribution in [1.29, 1.82) is 0 Å². The molecule has 0 radical (unpaired) electrons. The predicted octanol–water partition coefficient (Wildman–Crippen LogP) is 1.31. The van der Waals surface area contributed by atoms with Crippen LogP contribution in [-0.4, -0.2) is 40.3 Å². The number of aromatic nitrogens is 3. The molecular weight excluding hydrogens is 226 g/mol. The Hall–Kier alpha value is -1.62. The van der Waals surface area contributed by atoms with E-state index in [1.807, 2.05) is 29.2 Å². The van der Waals surface area contributed by atoms with E-state index in [1.54, 1.807) is 0 Å². The van der Waals surface area contributed by atoms with E-state index in [-0.39, 0.29) is 0 Å². The molecule has 2 aromatic heterocycles. The zero-order chi connectivity index (χ0) is 12.4. The van der Waals surface area contributed by atoms with Crippen LogP contribution in [-0.2, 0) is 0 Å². The van der Waals surface area contributed by atoms with Gasteiger partial charge in [-0.05, 0) is 25.5 Å². The molecule has 1 aliphatic rings. The van der Waals surface area contributed by atoms with Crippen LogP contribution in [0.25, 0.3) is 5.52 Å². The van der Waals surface area contributed by atoms with Crippen LogP contribution in [0.1, 0.15) is 19.8 Å². The molecule has 0 aliphatic carbocycles. The standard InChI is InChI=1S/C13H19N5/c1-2-14-11-4-8-17(9-5-11)13-12-3-6-16-18(12)10-7-15-13/h3,6-7,10-11,14H,2,4-5,8-9H2,1H3. The molecule has 5 nitrogen and oxygen atoms in total. The number of rotatable bonds is 3. The Balaban J connectivity index is 1.78. The largest absolute Gasteiger partial charge is 0.355 e. The first-order valence-corrected chi connectivity index (χ1v) is 6.65. The number of nitrogens with zero attached hydrogens (tertiary/aromatic N) is 4. The number of piperidine rings is 1. The highest BCUT2D eigenvalue weighted by Gasteiger charge is 2.20. The van der Waals surface area contributed by atoms with Crippen LogP contribution in [0.3, 0.4) is 0 Å². The molecule has 0 bridgehead atoms. The summed E-state index contributed by atoms with van der Waals surface area (Å²) < 4.78 is 1.89. The fraction of sp³-hybridized carbons (Fsp3) is 0.538. The van der Waals surface area contributed by atoms with E-state index in [0.717, 1.165) is 31.0 Å². The Kier molecular flexibility index (Phi) is 3.15. The van der Waals surface area contributed by atoms with Gasteiger partial charge in [-0.25, -0.2) is 9.50 Å². The molecule has 5 heteroatoms. The van der Waals surface area contributed by atoms with Crippen LogP contribution in [0.4, 0.5) is 5.82 Å². The number of nitrogens with one attached hydrogen (secondary N) is 1. The fourth-order valence-corrected chi connectivity index (χ4v) is 2.67. The molecule has 0 atom stereocenters. The summed E-state index contributed by atoms with van der Waals surface area (Å²) in [5.41, 5.74) is 1.10. The molecule has 1 fully saturated rings. The van der Waals surface area contributed by atoms with E-state index >= 15 is 0 Å². The zero-order valence-corrected chi connectivity index (χ0v) is 10.7. The van der Waals surface area contributed by atoms with Gasteiger partial charge in [0, 0.05) is 31.5 Å². The lowest BCUT2D eigenvalue weighted by atomic mass is 10.1. The van der Waals surface area contributed by atoms with Crippen LogP contribution >= 0.6 is 0 Å². The fourth-order valence-electron chi connectivity index (χ4n) is 2.67. The van der Waals surface area contributed by atoms with Crippen molar-refractivity contribution in [2.75, 3.05) is 24.5 Å². The molecule has 3 rings (SSSR count). The zero-order valence-electron chi connectivity index (χ0n) is 10.7. The first-order chi connectivity index (χ1) is 8.88. The molecule has 1 saturated heterocycles. The SMILES string of the molecule is CCNC1CCN(c2nccn3nccc23)CC1. The lowest BCUT2D eigenvalue weighted by Gasteiger charge is -2.33. The van der Waals surface area contributed by atoms with Crippen molar-refractivity contribution >= 4 is 11.3 Å². The highest BCUT2D eigenvalue weighted by atomic mass is 15.3. The maximum Gasteiger partial charge on any atom is 0.154 e. The maximum absolute atomic E-state index is 4.52. The van der Waals surface area contributed by atoms with E-state index < -0.39 is 0 Å². The van der Waals surface area contributed by atoms with Gasteiger partial charge in [0.15, 0.2) is 5.82 Å². The monoisotopic (exact) mass is 245 g/mol. The van der Waals surface area contributed by atoms with Crippen molar-refractivity contribution in [2.24, 2.45) is 0 Å². The summed E-state index contributed by atoms with van der Waals surface area (Å²) in [7, 11) is 0. The molecule has 0 spiro atoms. The van der Waals surface area contributed by atoms with Crippen molar-refractivity contribution < 1.29 is 0 Å². The second kappa shape index (κ2) is 4.94. The van der Waals surface area contributed by atoms with Crippen LogP contribution in [0, 0.1) is 0 Å². The van der Waals surface area contributed by atoms with E-state index in [2.05, 4.69) is 27.2 Å². The average Bonchev–Trinajstić information content (AvgIpc) is 2.88. The Morgan fingerprint density at radius 1 is 1.33 bits per heavy atom. The molecular formula is C13H19N5. The van der Waals surface area contributed by atoms with Gasteiger partial charge in [0.1, 0.15) is 5.52 Å². The van der Waals surface area contributed by atoms with Gasteiger partial charge in [-0.1, -0.05) is 6.92 Å². The normalized spacial score (nSPS) is 17.5. The van der Waals surface area contributed by atoms with Crippen LogP contribution in [0.2, 0.25) is 0 Å². The van der Waals surface area contributed by atoms with Crippen molar-refractivity contribution in [2.45, 2.75) is 25.8 Å². The molecule has 0 unspecified atom stereocenters. The topological polar surface area (TPSA) is 45.5 Å². The quantitative estimate of drug-likeness (QED) is 0.885. The molecule has 0 aromatic carbocycles. The molecule has 3 heterocycles. The van der Waals surface area contributed by atoms with E-state index in [0.29, 0.717) is 6.04 Å². The second-order valence-electron chi connectivity index (χ2n) is 4.73. The minimum atomic E-state index is 0.663. The lowest BCUT2D eigenvalue weighted by Crippen LogP contribution is -2.42. The molecule has 0 amide bonds. The van der Waals surface area contributed by atoms with E-state index in [9.17, 15) is 0 Å². The smallest absolute Gasteiger partial charge is 0.154 e. The van der Waals surface area contributed by atoms with E-state index in [4.69, 9.17) is 0 Å². The third kappa shape index (κ3) is 2.06. The average molecular weight is 245 g/mol. The third-order valence-electron chi connectivity index (χ3n) is 3.59. The summed E-state index contributed by atoms with van der Waals surface area (Å²) in [5, 5.41) is 7.78. The molecule has 1 N–H and O–H groups in total. The second-order valence-corrected chi connectivity index (χ2v) is 4.73. The third-order valence-corrected chi connectivity index (χ3v) is 3.59. The summed E-state index contributed by atoms with van der Waals surface area (Å²) in [6, 6.07) is 2.69. The Morgan fingerprint density at radius 2 is 2.17 bits per heavy atom. The van der Waals surface area contributed by atoms with Crippen molar-refractivity contribution in [3.8, 4) is 0 Å². The lowest BCUT2D eigenvalue weighted by molar-refractivity contribution is 0.423. The van der Waals surface area contributed by atoms with Gasteiger partial charge >= 0.3 is 0 Å². The van der Waals surface area contributed by atoms with Crippen molar-refractivity contribution in [3.05, 3.63) is 24.7 Å². The van der Waals surface area contributed by atoms with Crippen molar-refractivity contribution in [3.63, 3.8) is 0 Å². The van der Waals surface area contributed by atoms with Gasteiger partial charge in [0.2, 0.25) is 0 Å². The number of hydrogen-bond donors (Lipinski definition) is 1. The van der Waals surface area contributed by atoms with Crippen molar-refractivity contribution in [1.82, 2.24) is 19.9 Å². The number of hydrogen-bond acceptors (Lipinski definition) is 4. The summed E-state index contributed by atoms with van der Waals surface area (Å²) in [4.78, 5) is 6.88. The Morgan fingerprint density at radius 3 is 2.94 bits per heavy atom. The molecule has 1 aliphatic heterocycles. The van der Waals surface area contributed by atoms with Gasteiger partial charge in [0.25, 0.3) is 0 Å². The molecule has 96 valence electrons. The first kappa shape index (κ1) is 11.5. The van der Waals surface area contributed by atoms with E-state index in [1.165, 1.54) is 12.8 Å². The summed E-state index contributed by atoms with van der Waals surface area (Å²) >= 11 is 0. The molecule has 18 heavy (non-hydrogen) atoms. The summed E-state index contributed by atoms with van der Waals surface area (Å²) in [6.45, 7) is 5.35. The van der Waals surface area contributed by atoms with Gasteiger partial charge < -0.3 is 10.2 Å². The Labute approximate surface area is 107 Å². The number of anilines is 1. The highest BCUT2D eigenvalue weighted by molar-refractivity contribution is 5.68. The Bertz CT molecular complexity index is 513. The van der Waals surface area contributed by atoms with Gasteiger partial charge in [-0.2, -0.15) is 5.10 Å². The van der Waals surface area contributed by atoms with Gasteiger partial charge in [0.05, 0.1) is 6.20 Å². The number of fused-ring (bicyclic) bond motifs is 1. The highest BCUT2D eigenvalue weighted by Crippen LogP contribution is 2.22. The van der Waals surface area contributed by atoms with Gasteiger partial charge in [-0.3, -0.25) is 0 Å². The van der Waals surface area contributed by atoms with Crippen LogP contribution < -0.4 is 10.2 Å². The molecule has 0 saturated carbocycles. The molecule has 2 aromatic rings. The van der Waals surface area contributed by atoms with Crippen LogP contribution in [0.5, 0.6) is 0 Å². The predicted molar refractivity (Wildman–Crippen MR) is 71.9 cm³/mol. The minimum absolute atomic E-state index is 0.663. The van der Waals surface area contributed by atoms with Gasteiger partial charge in [-0.15, -0.1) is 0 Å². The maximum atomic E-state index is 4.52. The summed E-state index contributed by atoms with van der Waals surface area (Å²) in [6.07, 6.45) is 7.91. The first-order valence-electron chi connectivity index (χ1n) is 6.65. The summed E-state index contributed by atoms with van der Waals surface area (Å²) in [5.74, 6) is 1.06. The minimum Gasteiger partial charge on any atom is -0.355 e.